The number of ether oxygens (including phenoxy) is 2. The maximum absolute atomic E-state index is 14.2. The van der Waals surface area contributed by atoms with Crippen molar-refractivity contribution >= 4 is 29.6 Å². The van der Waals surface area contributed by atoms with E-state index in [4.69, 9.17) is 9.47 Å². The van der Waals surface area contributed by atoms with Gasteiger partial charge in [-0.3, -0.25) is 33.8 Å². The molecule has 6 atom stereocenters. The molecule has 1 unspecified atom stereocenters. The first-order valence-corrected chi connectivity index (χ1v) is 16.1. The lowest BCUT2D eigenvalue weighted by Gasteiger charge is -2.38. The van der Waals surface area contributed by atoms with Crippen molar-refractivity contribution in [2.45, 2.75) is 111 Å². The molecule has 0 radical (unpaired) electrons. The van der Waals surface area contributed by atoms with Gasteiger partial charge in [-0.2, -0.15) is 0 Å². The molecule has 11 heteroatoms. The second kappa shape index (κ2) is 15.9. The molecule has 0 aliphatic carbocycles. The first-order chi connectivity index (χ1) is 20.5. The predicted molar refractivity (Wildman–Crippen MR) is 168 cm³/mol. The monoisotopic (exact) mass is 620 g/mol. The van der Waals surface area contributed by atoms with Crippen molar-refractivity contribution in [3.8, 4) is 0 Å². The highest BCUT2D eigenvalue weighted by molar-refractivity contribution is 6.07. The predicted octanol–water partition coefficient (Wildman–Crippen LogP) is 3.32. The molecule has 2 aliphatic rings. The molecule has 4 amide bonds. The summed E-state index contributed by atoms with van der Waals surface area (Å²) in [5.41, 5.74) is 0. The number of rotatable bonds is 14. The smallest absolute Gasteiger partial charge is 0.324 e. The fourth-order valence-corrected chi connectivity index (χ4v) is 6.24. The molecular weight excluding hydrogens is 564 g/mol. The van der Waals surface area contributed by atoms with Gasteiger partial charge in [-0.25, -0.2) is 0 Å². The number of methoxy groups -OCH3 is 1. The maximum Gasteiger partial charge on any atom is 0.324 e. The Morgan fingerprint density at radius 3 is 2.11 bits per heavy atom. The van der Waals surface area contributed by atoms with Gasteiger partial charge < -0.3 is 19.3 Å². The van der Waals surface area contributed by atoms with Crippen LogP contribution in [0.25, 0.3) is 0 Å². The number of nitrogens with zero attached hydrogens (tertiary/aromatic N) is 4. The number of hydrogen-bond acceptors (Lipinski definition) is 8. The number of carbonyl (C=O) groups excluding carboxylic acids is 5. The molecular formula is C33H56N4O7. The number of amides is 4. The third-order valence-electron chi connectivity index (χ3n) is 8.89. The largest absolute Gasteiger partial charge is 0.499 e. The molecule has 0 aromatic heterocycles. The minimum atomic E-state index is -1.07. The van der Waals surface area contributed by atoms with E-state index in [1.807, 2.05) is 69.5 Å². The summed E-state index contributed by atoms with van der Waals surface area (Å²) < 4.78 is 11.3. The van der Waals surface area contributed by atoms with E-state index in [1.165, 1.54) is 27.9 Å². The first kappa shape index (κ1) is 37.2. The van der Waals surface area contributed by atoms with Crippen LogP contribution in [-0.2, 0) is 33.4 Å². The summed E-state index contributed by atoms with van der Waals surface area (Å²) in [6.07, 6.45) is 2.46. The summed E-state index contributed by atoms with van der Waals surface area (Å²) in [7, 11) is 6.66. The van der Waals surface area contributed by atoms with Crippen LogP contribution in [0.4, 0.5) is 0 Å². The summed E-state index contributed by atoms with van der Waals surface area (Å²) in [4.78, 5) is 74.3. The lowest BCUT2D eigenvalue weighted by atomic mass is 9.96. The van der Waals surface area contributed by atoms with Crippen LogP contribution in [0.2, 0.25) is 0 Å². The number of carbonyl (C=O) groups is 5. The quantitative estimate of drug-likeness (QED) is 0.215. The highest BCUT2D eigenvalue weighted by Gasteiger charge is 2.48. The van der Waals surface area contributed by atoms with E-state index in [1.54, 1.807) is 11.9 Å². The van der Waals surface area contributed by atoms with Gasteiger partial charge in [0.15, 0.2) is 6.10 Å². The van der Waals surface area contributed by atoms with Crippen molar-refractivity contribution in [2.24, 2.45) is 23.7 Å². The lowest BCUT2D eigenvalue weighted by Crippen LogP contribution is -2.59. The second-order valence-corrected chi connectivity index (χ2v) is 13.7. The summed E-state index contributed by atoms with van der Waals surface area (Å²) >= 11 is 0. The fourth-order valence-electron chi connectivity index (χ4n) is 6.24. The highest BCUT2D eigenvalue weighted by Crippen LogP contribution is 2.31. The van der Waals surface area contributed by atoms with Crippen LogP contribution in [0.1, 0.15) is 81.1 Å². The van der Waals surface area contributed by atoms with Crippen LogP contribution in [-0.4, -0.2) is 114 Å². The molecule has 11 nitrogen and oxygen atoms in total. The van der Waals surface area contributed by atoms with E-state index in [0.717, 1.165) is 0 Å². The van der Waals surface area contributed by atoms with Gasteiger partial charge in [0, 0.05) is 25.6 Å². The lowest BCUT2D eigenvalue weighted by molar-refractivity contribution is -0.170. The fraction of sp³-hybridized carbons (Fsp3) is 0.788. The Kier molecular flexibility index (Phi) is 13.4. The van der Waals surface area contributed by atoms with E-state index in [0.29, 0.717) is 38.0 Å². The minimum Gasteiger partial charge on any atom is -0.499 e. The average molecular weight is 621 g/mol. The molecule has 0 bridgehead atoms. The molecule has 1 fully saturated rings. The first-order valence-electron chi connectivity index (χ1n) is 16.1. The zero-order chi connectivity index (χ0) is 33.6. The van der Waals surface area contributed by atoms with Crippen molar-refractivity contribution in [3.63, 3.8) is 0 Å². The summed E-state index contributed by atoms with van der Waals surface area (Å²) in [5, 5.41) is 0. The van der Waals surface area contributed by atoms with Gasteiger partial charge in [0.2, 0.25) is 5.91 Å². The summed E-state index contributed by atoms with van der Waals surface area (Å²) in [6.45, 7) is 15.7. The number of hydrogen-bond donors (Lipinski definition) is 0. The molecule has 0 aromatic rings. The number of esters is 1. The maximum atomic E-state index is 14.2. The molecule has 0 saturated carbocycles. The zero-order valence-electron chi connectivity index (χ0n) is 29.0. The van der Waals surface area contributed by atoms with Crippen molar-refractivity contribution in [1.29, 1.82) is 0 Å². The summed E-state index contributed by atoms with van der Waals surface area (Å²) in [6, 6.07) is -2.78. The number of likely N-dealkylation sites (tertiary alicyclic amines) is 1. The van der Waals surface area contributed by atoms with Gasteiger partial charge in [-0.05, 0) is 57.5 Å². The average Bonchev–Trinajstić information content (AvgIpc) is 3.57. The Bertz CT molecular complexity index is 1090. The van der Waals surface area contributed by atoms with E-state index < -0.39 is 54.0 Å². The number of likely N-dealkylation sites (N-methyl/N-ethyl adjacent to an activating group) is 2. The van der Waals surface area contributed by atoms with Gasteiger partial charge in [0.1, 0.15) is 23.9 Å². The van der Waals surface area contributed by atoms with E-state index >= 15 is 0 Å². The number of imide groups is 1. The van der Waals surface area contributed by atoms with E-state index in [9.17, 15) is 24.0 Å². The van der Waals surface area contributed by atoms with Crippen LogP contribution < -0.4 is 0 Å². The van der Waals surface area contributed by atoms with Crippen LogP contribution in [0, 0.1) is 23.7 Å². The van der Waals surface area contributed by atoms with E-state index in [2.05, 4.69) is 0 Å². The standard InChI is InChI=1S/C33H56N4O7/c1-13-22(8)29(44-33(42)24(34(9)10)17-19(2)3)32(41)35(11)28(21(6)7)31(40)36-16-14-15-23(36)30(39)37-26(38)18-25(43-12)27(37)20(4)5/h18-24,27-29H,13-17H2,1-12H3/t22?,23-,24-,27-,28-,29-/m0/s1. The van der Waals surface area contributed by atoms with Crippen molar-refractivity contribution < 1.29 is 33.4 Å². The molecule has 2 rings (SSSR count). The van der Waals surface area contributed by atoms with Crippen molar-refractivity contribution in [3.05, 3.63) is 11.8 Å². The van der Waals surface area contributed by atoms with E-state index in [-0.39, 0.29) is 29.6 Å². The van der Waals surface area contributed by atoms with Gasteiger partial charge >= 0.3 is 5.97 Å². The molecule has 1 saturated heterocycles. The second-order valence-electron chi connectivity index (χ2n) is 13.7. The topological polar surface area (TPSA) is 117 Å². The highest BCUT2D eigenvalue weighted by atomic mass is 16.6. The third-order valence-corrected chi connectivity index (χ3v) is 8.89. The molecule has 2 heterocycles. The van der Waals surface area contributed by atoms with Crippen LogP contribution in [0.3, 0.4) is 0 Å². The van der Waals surface area contributed by atoms with Crippen LogP contribution >= 0.6 is 0 Å². The van der Waals surface area contributed by atoms with Gasteiger partial charge in [0.05, 0.1) is 13.2 Å². The normalized spacial score (nSPS) is 21.5. The Balaban J connectivity index is 2.35. The Morgan fingerprint density at radius 1 is 1.02 bits per heavy atom. The molecule has 250 valence electrons. The van der Waals surface area contributed by atoms with Crippen LogP contribution in [0.15, 0.2) is 11.8 Å². The molecule has 0 aromatic carbocycles. The Hall–Kier alpha value is -2.95. The molecule has 2 aliphatic heterocycles. The Labute approximate surface area is 264 Å². The minimum absolute atomic E-state index is 0.0813. The van der Waals surface area contributed by atoms with Crippen molar-refractivity contribution in [1.82, 2.24) is 19.6 Å². The SMILES string of the molecule is CCC(C)[C@H](OC(=O)[C@H](CC(C)C)N(C)C)C(=O)N(C)[C@H](C(=O)N1CCC[C@H]1C(=O)N1C(=O)C=C(OC)[C@@H]1C(C)C)C(C)C. The molecule has 44 heavy (non-hydrogen) atoms. The Morgan fingerprint density at radius 2 is 1.64 bits per heavy atom. The zero-order valence-corrected chi connectivity index (χ0v) is 29.0. The molecule has 0 spiro atoms. The van der Waals surface area contributed by atoms with Crippen molar-refractivity contribution in [2.75, 3.05) is 34.8 Å². The van der Waals surface area contributed by atoms with Gasteiger partial charge in [0.25, 0.3) is 17.7 Å². The summed E-state index contributed by atoms with van der Waals surface area (Å²) in [5.74, 6) is -2.16. The van der Waals surface area contributed by atoms with Crippen LogP contribution in [0.5, 0.6) is 0 Å². The molecule has 0 N–H and O–H groups in total. The van der Waals surface area contributed by atoms with Gasteiger partial charge in [-0.1, -0.05) is 55.4 Å². The third kappa shape index (κ3) is 8.20. The van der Waals surface area contributed by atoms with Gasteiger partial charge in [-0.15, -0.1) is 0 Å².